The maximum absolute atomic E-state index is 12.3. The Kier molecular flexibility index (Phi) is 3.97. The predicted octanol–water partition coefficient (Wildman–Crippen LogP) is 5.03. The summed E-state index contributed by atoms with van der Waals surface area (Å²) in [6.45, 7) is 5.09. The van der Waals surface area contributed by atoms with Crippen LogP contribution in [0, 0.1) is 28.6 Å². The van der Waals surface area contributed by atoms with Crippen molar-refractivity contribution in [3.05, 3.63) is 30.1 Å². The van der Waals surface area contributed by atoms with Gasteiger partial charge >= 0.3 is 0 Å². The van der Waals surface area contributed by atoms with Crippen LogP contribution >= 0.6 is 0 Å². The molecule has 1 amide bonds. The Morgan fingerprint density at radius 3 is 2.59 bits per heavy atom. The van der Waals surface area contributed by atoms with E-state index < -0.39 is 0 Å². The molecule has 146 valence electrons. The summed E-state index contributed by atoms with van der Waals surface area (Å²) in [5.41, 5.74) is 2.06. The van der Waals surface area contributed by atoms with Crippen molar-refractivity contribution < 1.29 is 4.79 Å². The molecule has 1 aromatic rings. The van der Waals surface area contributed by atoms with Gasteiger partial charge in [-0.2, -0.15) is 0 Å². The number of amides is 1. The second kappa shape index (κ2) is 6.06. The van der Waals surface area contributed by atoms with Gasteiger partial charge < -0.3 is 4.90 Å². The number of pyridine rings is 1. The monoisotopic (exact) mass is 366 g/mol. The Balaban J connectivity index is 1.45. The minimum atomic E-state index is 0.329. The zero-order chi connectivity index (χ0) is 18.8. The number of carbonyl (C=O) groups excluding carboxylic acids is 1. The van der Waals surface area contributed by atoms with E-state index in [-0.39, 0.29) is 0 Å². The largest absolute Gasteiger partial charge is 0.342 e. The Morgan fingerprint density at radius 1 is 1.00 bits per heavy atom. The normalized spacial score (nSPS) is 46.6. The van der Waals surface area contributed by atoms with Crippen LogP contribution in [-0.4, -0.2) is 28.9 Å². The molecule has 2 unspecified atom stereocenters. The standard InChI is InChI=1S/C24H34N2O/c1-23-13-11-18-16(7-10-21-24(18,2)14-12-22(27)26(21)3)17(23)8-9-19(23)20-6-4-5-15-25-20/h4-6,15-19,21H,7-14H2,1-3H3/t16-,17-,18+,19?,21?,23-,24+/m0/s1. The Labute approximate surface area is 163 Å². The molecule has 0 radical (unpaired) electrons. The molecule has 4 fully saturated rings. The first-order valence-electron chi connectivity index (χ1n) is 11.1. The Hall–Kier alpha value is -1.38. The van der Waals surface area contributed by atoms with Crippen molar-refractivity contribution in [3.8, 4) is 0 Å². The smallest absolute Gasteiger partial charge is 0.222 e. The summed E-state index contributed by atoms with van der Waals surface area (Å²) >= 11 is 0. The lowest BCUT2D eigenvalue weighted by Gasteiger charge is -2.61. The van der Waals surface area contributed by atoms with Gasteiger partial charge in [0.15, 0.2) is 0 Å². The molecule has 0 N–H and O–H groups in total. The number of fused-ring (bicyclic) bond motifs is 5. The molecule has 3 aliphatic carbocycles. The first-order chi connectivity index (χ1) is 12.9. The van der Waals surface area contributed by atoms with Gasteiger partial charge in [0.25, 0.3) is 0 Å². The first-order valence-corrected chi connectivity index (χ1v) is 11.1. The minimum Gasteiger partial charge on any atom is -0.342 e. The molecule has 5 rings (SSSR count). The molecule has 27 heavy (non-hydrogen) atoms. The zero-order valence-corrected chi connectivity index (χ0v) is 17.2. The average Bonchev–Trinajstić information content (AvgIpc) is 3.03. The lowest BCUT2D eigenvalue weighted by molar-refractivity contribution is -0.157. The van der Waals surface area contributed by atoms with E-state index in [1.54, 1.807) is 0 Å². The van der Waals surface area contributed by atoms with Crippen LogP contribution in [0.5, 0.6) is 0 Å². The van der Waals surface area contributed by atoms with E-state index in [1.807, 2.05) is 12.3 Å². The highest BCUT2D eigenvalue weighted by atomic mass is 16.2. The van der Waals surface area contributed by atoms with Gasteiger partial charge in [-0.05, 0) is 85.7 Å². The van der Waals surface area contributed by atoms with Crippen molar-refractivity contribution in [2.24, 2.45) is 28.6 Å². The molecule has 0 spiro atoms. The van der Waals surface area contributed by atoms with Crippen LogP contribution in [0.2, 0.25) is 0 Å². The van der Waals surface area contributed by atoms with Crippen LogP contribution < -0.4 is 0 Å². The van der Waals surface area contributed by atoms with Crippen LogP contribution in [0.4, 0.5) is 0 Å². The van der Waals surface area contributed by atoms with Crippen LogP contribution in [0.1, 0.15) is 76.8 Å². The summed E-state index contributed by atoms with van der Waals surface area (Å²) in [6.07, 6.45) is 11.7. The highest BCUT2D eigenvalue weighted by Crippen LogP contribution is 2.67. The maximum Gasteiger partial charge on any atom is 0.222 e. The van der Waals surface area contributed by atoms with E-state index in [4.69, 9.17) is 4.98 Å². The van der Waals surface area contributed by atoms with E-state index in [0.717, 1.165) is 30.6 Å². The summed E-state index contributed by atoms with van der Waals surface area (Å²) in [7, 11) is 2.06. The van der Waals surface area contributed by atoms with Gasteiger partial charge in [0.05, 0.1) is 0 Å². The van der Waals surface area contributed by atoms with Crippen LogP contribution in [-0.2, 0) is 4.79 Å². The third kappa shape index (κ3) is 2.39. The van der Waals surface area contributed by atoms with Crippen LogP contribution in [0.25, 0.3) is 0 Å². The molecule has 3 heteroatoms. The van der Waals surface area contributed by atoms with Crippen molar-refractivity contribution in [1.82, 2.24) is 9.88 Å². The maximum atomic E-state index is 12.3. The minimum absolute atomic E-state index is 0.329. The molecule has 7 atom stereocenters. The molecule has 4 aliphatic rings. The number of rotatable bonds is 1. The Bertz CT molecular complexity index is 733. The number of aromatic nitrogens is 1. The zero-order valence-electron chi connectivity index (χ0n) is 17.2. The molecule has 3 saturated carbocycles. The third-order valence-corrected chi connectivity index (χ3v) is 9.60. The highest BCUT2D eigenvalue weighted by molar-refractivity contribution is 5.77. The van der Waals surface area contributed by atoms with Gasteiger partial charge in [-0.25, -0.2) is 0 Å². The van der Waals surface area contributed by atoms with E-state index in [1.165, 1.54) is 44.2 Å². The molecular formula is C24H34N2O. The molecule has 0 aromatic carbocycles. The highest BCUT2D eigenvalue weighted by Gasteiger charge is 2.61. The van der Waals surface area contributed by atoms with Gasteiger partial charge in [-0.1, -0.05) is 19.9 Å². The number of likely N-dealkylation sites (tertiary alicyclic amines) is 1. The summed E-state index contributed by atoms with van der Waals surface area (Å²) < 4.78 is 0. The summed E-state index contributed by atoms with van der Waals surface area (Å²) in [5.74, 6) is 3.48. The lowest BCUT2D eigenvalue weighted by Crippen LogP contribution is -2.61. The second-order valence-electron chi connectivity index (χ2n) is 10.4. The Morgan fingerprint density at radius 2 is 1.81 bits per heavy atom. The van der Waals surface area contributed by atoms with E-state index in [9.17, 15) is 4.79 Å². The van der Waals surface area contributed by atoms with Gasteiger partial charge in [0.2, 0.25) is 5.91 Å². The molecule has 0 bridgehead atoms. The van der Waals surface area contributed by atoms with Crippen molar-refractivity contribution in [1.29, 1.82) is 0 Å². The molecule has 1 aliphatic heterocycles. The number of piperidine rings is 1. The van der Waals surface area contributed by atoms with Gasteiger partial charge in [0.1, 0.15) is 0 Å². The van der Waals surface area contributed by atoms with E-state index in [2.05, 4.69) is 37.9 Å². The SMILES string of the molecule is CN1C(=O)CC[C@@]2(C)C1CC[C@@H]1[C@H]2CC[C@]2(C)C(c3ccccn3)CC[C@@H]12. The molecule has 2 heterocycles. The van der Waals surface area contributed by atoms with Gasteiger partial charge in [0, 0.05) is 37.3 Å². The van der Waals surface area contributed by atoms with E-state index >= 15 is 0 Å². The molecule has 3 nitrogen and oxygen atoms in total. The fourth-order valence-electron chi connectivity index (χ4n) is 8.22. The van der Waals surface area contributed by atoms with E-state index in [0.29, 0.717) is 28.7 Å². The predicted molar refractivity (Wildman–Crippen MR) is 107 cm³/mol. The lowest BCUT2D eigenvalue weighted by atomic mass is 9.46. The van der Waals surface area contributed by atoms with Crippen molar-refractivity contribution in [2.75, 3.05) is 7.05 Å². The molecule has 1 aromatic heterocycles. The summed E-state index contributed by atoms with van der Waals surface area (Å²) in [4.78, 5) is 19.2. The van der Waals surface area contributed by atoms with Crippen LogP contribution in [0.15, 0.2) is 24.4 Å². The summed E-state index contributed by atoms with van der Waals surface area (Å²) in [5, 5.41) is 0. The van der Waals surface area contributed by atoms with Gasteiger partial charge in [-0.3, -0.25) is 9.78 Å². The number of hydrogen-bond donors (Lipinski definition) is 0. The number of nitrogens with zero attached hydrogens (tertiary/aromatic N) is 2. The molecule has 1 saturated heterocycles. The third-order valence-electron chi connectivity index (χ3n) is 9.60. The van der Waals surface area contributed by atoms with Gasteiger partial charge in [-0.15, -0.1) is 0 Å². The first kappa shape index (κ1) is 17.7. The number of carbonyl (C=O) groups is 1. The molecular weight excluding hydrogens is 332 g/mol. The van der Waals surface area contributed by atoms with Crippen molar-refractivity contribution >= 4 is 5.91 Å². The van der Waals surface area contributed by atoms with Crippen LogP contribution in [0.3, 0.4) is 0 Å². The topological polar surface area (TPSA) is 33.2 Å². The van der Waals surface area contributed by atoms with Crippen molar-refractivity contribution in [2.45, 2.75) is 77.2 Å². The second-order valence-corrected chi connectivity index (χ2v) is 10.4. The average molecular weight is 367 g/mol. The fraction of sp³-hybridized carbons (Fsp3) is 0.750. The summed E-state index contributed by atoms with van der Waals surface area (Å²) in [6, 6.07) is 6.92. The fourth-order valence-corrected chi connectivity index (χ4v) is 8.22. The number of hydrogen-bond acceptors (Lipinski definition) is 2. The van der Waals surface area contributed by atoms with Crippen molar-refractivity contribution in [3.63, 3.8) is 0 Å². The quantitative estimate of drug-likeness (QED) is 0.698.